The molecule has 2 aromatic carbocycles. The number of aromatic amines is 1. The monoisotopic (exact) mass is 305 g/mol. The van der Waals surface area contributed by atoms with Crippen molar-refractivity contribution in [3.05, 3.63) is 87.2 Å². The van der Waals surface area contributed by atoms with Crippen LogP contribution in [0.3, 0.4) is 0 Å². The topological polar surface area (TPSA) is 71.8 Å². The fourth-order valence-electron chi connectivity index (χ4n) is 2.54. The predicted octanol–water partition coefficient (Wildman–Crippen LogP) is 3.10. The van der Waals surface area contributed by atoms with Gasteiger partial charge in [0.2, 0.25) is 0 Å². The summed E-state index contributed by atoms with van der Waals surface area (Å²) >= 11 is 0. The molecule has 0 saturated carbocycles. The number of hydrogen-bond acceptors (Lipinski definition) is 3. The van der Waals surface area contributed by atoms with E-state index in [4.69, 9.17) is 5.73 Å². The van der Waals surface area contributed by atoms with Gasteiger partial charge in [0.1, 0.15) is 0 Å². The average Bonchev–Trinajstić information content (AvgIpc) is 2.58. The van der Waals surface area contributed by atoms with Crippen LogP contribution in [0.4, 0.5) is 0 Å². The third-order valence-corrected chi connectivity index (χ3v) is 4.13. The zero-order chi connectivity index (χ0) is 16.4. The summed E-state index contributed by atoms with van der Waals surface area (Å²) in [5.74, 6) is 0. The van der Waals surface area contributed by atoms with Crippen LogP contribution in [0.15, 0.2) is 59.4 Å². The third kappa shape index (κ3) is 3.07. The van der Waals surface area contributed by atoms with Crippen molar-refractivity contribution in [3.63, 3.8) is 0 Å². The summed E-state index contributed by atoms with van der Waals surface area (Å²) in [6.45, 7) is 4.12. The summed E-state index contributed by atoms with van der Waals surface area (Å²) in [5.41, 5.74) is 11.5. The van der Waals surface area contributed by atoms with Crippen LogP contribution in [0.25, 0.3) is 11.3 Å². The highest BCUT2D eigenvalue weighted by Gasteiger charge is 2.14. The lowest BCUT2D eigenvalue weighted by atomic mass is 9.98. The van der Waals surface area contributed by atoms with Crippen LogP contribution in [0.2, 0.25) is 0 Å². The van der Waals surface area contributed by atoms with E-state index in [2.05, 4.69) is 30.1 Å². The highest BCUT2D eigenvalue weighted by atomic mass is 16.1. The SMILES string of the molecule is Cc1ccc(-c2cc(C(N)c3ccccc3)c(=O)[nH]n2)cc1C. The van der Waals surface area contributed by atoms with E-state index in [9.17, 15) is 4.79 Å². The van der Waals surface area contributed by atoms with Crippen molar-refractivity contribution in [2.75, 3.05) is 0 Å². The summed E-state index contributed by atoms with van der Waals surface area (Å²) in [6.07, 6.45) is 0. The van der Waals surface area contributed by atoms with Crippen molar-refractivity contribution in [2.24, 2.45) is 5.73 Å². The van der Waals surface area contributed by atoms with Crippen molar-refractivity contribution in [2.45, 2.75) is 19.9 Å². The number of nitrogens with zero attached hydrogens (tertiary/aromatic N) is 1. The van der Waals surface area contributed by atoms with Crippen molar-refractivity contribution in [1.29, 1.82) is 0 Å². The van der Waals surface area contributed by atoms with Crippen LogP contribution in [-0.4, -0.2) is 10.2 Å². The van der Waals surface area contributed by atoms with Crippen LogP contribution in [0, 0.1) is 13.8 Å². The number of aryl methyl sites for hydroxylation is 2. The van der Waals surface area contributed by atoms with Crippen LogP contribution in [-0.2, 0) is 0 Å². The number of nitrogens with two attached hydrogens (primary N) is 1. The first-order valence-corrected chi connectivity index (χ1v) is 7.54. The number of aromatic nitrogens is 2. The molecular weight excluding hydrogens is 286 g/mol. The van der Waals surface area contributed by atoms with Crippen molar-refractivity contribution in [1.82, 2.24) is 10.2 Å². The molecule has 116 valence electrons. The van der Waals surface area contributed by atoms with Crippen LogP contribution in [0.5, 0.6) is 0 Å². The molecule has 0 aliphatic heterocycles. The molecule has 23 heavy (non-hydrogen) atoms. The molecule has 3 N–H and O–H groups in total. The Morgan fingerprint density at radius 3 is 2.43 bits per heavy atom. The Balaban J connectivity index is 2.06. The number of hydrogen-bond donors (Lipinski definition) is 2. The molecule has 0 aliphatic carbocycles. The van der Waals surface area contributed by atoms with Gasteiger partial charge in [-0.25, -0.2) is 5.10 Å². The van der Waals surface area contributed by atoms with E-state index in [1.54, 1.807) is 6.07 Å². The number of rotatable bonds is 3. The number of benzene rings is 2. The fourth-order valence-corrected chi connectivity index (χ4v) is 2.54. The second kappa shape index (κ2) is 6.18. The van der Waals surface area contributed by atoms with E-state index >= 15 is 0 Å². The molecule has 3 aromatic rings. The normalized spacial score (nSPS) is 12.1. The van der Waals surface area contributed by atoms with Crippen LogP contribution < -0.4 is 11.3 Å². The molecule has 0 spiro atoms. The summed E-state index contributed by atoms with van der Waals surface area (Å²) in [7, 11) is 0. The second-order valence-corrected chi connectivity index (χ2v) is 5.73. The Bertz CT molecular complexity index is 885. The quantitative estimate of drug-likeness (QED) is 0.781. The molecule has 1 atom stereocenters. The molecule has 1 aromatic heterocycles. The van der Waals surface area contributed by atoms with E-state index in [0.29, 0.717) is 11.3 Å². The third-order valence-electron chi connectivity index (χ3n) is 4.13. The summed E-state index contributed by atoms with van der Waals surface area (Å²) in [5, 5.41) is 6.73. The Labute approximate surface area is 135 Å². The minimum Gasteiger partial charge on any atom is -0.320 e. The molecule has 1 heterocycles. The van der Waals surface area contributed by atoms with E-state index in [0.717, 1.165) is 11.1 Å². The largest absolute Gasteiger partial charge is 0.320 e. The van der Waals surface area contributed by atoms with Gasteiger partial charge in [0, 0.05) is 11.1 Å². The van der Waals surface area contributed by atoms with E-state index in [1.165, 1.54) is 11.1 Å². The van der Waals surface area contributed by atoms with E-state index in [-0.39, 0.29) is 5.56 Å². The van der Waals surface area contributed by atoms with Gasteiger partial charge in [-0.2, -0.15) is 5.10 Å². The highest BCUT2D eigenvalue weighted by molar-refractivity contribution is 5.61. The molecule has 4 nitrogen and oxygen atoms in total. The average molecular weight is 305 g/mol. The van der Waals surface area contributed by atoms with Gasteiger partial charge in [-0.15, -0.1) is 0 Å². The second-order valence-electron chi connectivity index (χ2n) is 5.73. The first kappa shape index (κ1) is 15.2. The van der Waals surface area contributed by atoms with E-state index in [1.807, 2.05) is 42.5 Å². The molecule has 0 radical (unpaired) electrons. The lowest BCUT2D eigenvalue weighted by Gasteiger charge is -2.12. The van der Waals surface area contributed by atoms with Crippen molar-refractivity contribution in [3.8, 4) is 11.3 Å². The van der Waals surface area contributed by atoms with Crippen LogP contribution in [0.1, 0.15) is 28.3 Å². The van der Waals surface area contributed by atoms with Gasteiger partial charge in [0.25, 0.3) is 5.56 Å². The molecule has 0 saturated heterocycles. The Hall–Kier alpha value is -2.72. The van der Waals surface area contributed by atoms with Gasteiger partial charge in [-0.1, -0.05) is 42.5 Å². The first-order valence-electron chi connectivity index (χ1n) is 7.54. The maximum atomic E-state index is 12.1. The zero-order valence-electron chi connectivity index (χ0n) is 13.2. The van der Waals surface area contributed by atoms with Gasteiger partial charge in [0.05, 0.1) is 11.7 Å². The maximum absolute atomic E-state index is 12.1. The predicted molar refractivity (Wildman–Crippen MR) is 92.2 cm³/mol. The molecule has 3 rings (SSSR count). The molecule has 0 fully saturated rings. The standard InChI is InChI=1S/C19H19N3O/c1-12-8-9-15(10-13(12)2)17-11-16(19(23)22-21-17)18(20)14-6-4-3-5-7-14/h3-11,18H,20H2,1-2H3,(H,22,23). The zero-order valence-corrected chi connectivity index (χ0v) is 13.2. The van der Waals surface area contributed by atoms with Crippen molar-refractivity contribution < 1.29 is 0 Å². The first-order chi connectivity index (χ1) is 11.1. The summed E-state index contributed by atoms with van der Waals surface area (Å²) < 4.78 is 0. The molecule has 4 heteroatoms. The van der Waals surface area contributed by atoms with Crippen molar-refractivity contribution >= 4 is 0 Å². The fraction of sp³-hybridized carbons (Fsp3) is 0.158. The molecule has 0 bridgehead atoms. The molecule has 0 amide bonds. The van der Waals surface area contributed by atoms with Gasteiger partial charge >= 0.3 is 0 Å². The lowest BCUT2D eigenvalue weighted by molar-refractivity contribution is 0.827. The number of nitrogens with one attached hydrogen (secondary N) is 1. The number of H-pyrrole nitrogens is 1. The Kier molecular flexibility index (Phi) is 4.08. The molecule has 1 unspecified atom stereocenters. The van der Waals surface area contributed by atoms with Gasteiger partial charge in [-0.05, 0) is 42.7 Å². The summed E-state index contributed by atoms with van der Waals surface area (Å²) in [4.78, 5) is 12.1. The molecule has 0 aliphatic rings. The van der Waals surface area contributed by atoms with E-state index < -0.39 is 6.04 Å². The highest BCUT2D eigenvalue weighted by Crippen LogP contribution is 2.23. The van der Waals surface area contributed by atoms with Crippen LogP contribution >= 0.6 is 0 Å². The smallest absolute Gasteiger partial charge is 0.269 e. The van der Waals surface area contributed by atoms with Gasteiger partial charge < -0.3 is 5.73 Å². The van der Waals surface area contributed by atoms with Gasteiger partial charge in [0.15, 0.2) is 0 Å². The molecular formula is C19H19N3O. The minimum absolute atomic E-state index is 0.256. The maximum Gasteiger partial charge on any atom is 0.269 e. The summed E-state index contributed by atoms with van der Waals surface area (Å²) in [6, 6.07) is 17.0. The lowest BCUT2D eigenvalue weighted by Crippen LogP contribution is -2.23. The minimum atomic E-state index is -0.478. The van der Waals surface area contributed by atoms with Gasteiger partial charge in [-0.3, -0.25) is 4.79 Å². The Morgan fingerprint density at radius 2 is 1.74 bits per heavy atom. The Morgan fingerprint density at radius 1 is 1.00 bits per heavy atom.